The summed E-state index contributed by atoms with van der Waals surface area (Å²) in [4.78, 5) is 35.5. The molecular weight excluding hydrogens is 798 g/mol. The molecule has 2 unspecified atom stereocenters. The van der Waals surface area contributed by atoms with E-state index in [0.717, 1.165) is 51.4 Å². The molecule has 0 aromatic rings. The number of esters is 2. The summed E-state index contributed by atoms with van der Waals surface area (Å²) in [6.07, 6.45) is 50.0. The van der Waals surface area contributed by atoms with Gasteiger partial charge in [-0.15, -0.1) is 0 Å². The van der Waals surface area contributed by atoms with Crippen LogP contribution in [0.15, 0.2) is 12.2 Å². The Hall–Kier alpha value is -1.25. The number of unbranched alkanes of at least 4 members (excludes halogenated alkanes) is 33. The Morgan fingerprint density at radius 3 is 1.23 bits per heavy atom. The zero-order valence-corrected chi connectivity index (χ0v) is 42.5. The lowest BCUT2D eigenvalue weighted by Gasteiger charge is -2.24. The van der Waals surface area contributed by atoms with Crippen LogP contribution in [0.4, 0.5) is 0 Å². The monoisotopic (exact) mass is 901 g/mol. The van der Waals surface area contributed by atoms with Crippen molar-refractivity contribution in [2.75, 3.05) is 47.5 Å². The van der Waals surface area contributed by atoms with Crippen molar-refractivity contribution in [1.82, 2.24) is 0 Å². The molecular formula is C52H103NO8P+. The SMILES string of the molecule is CCCCC/C=C\CCCCCCCC(=O)OC(COC(=O)CCCCCCCCCCCCCCCCCCCCCCCCCCCC)COP(=O)(O)OCC[N+](C)(C)C. The maximum absolute atomic E-state index is 12.7. The number of quaternary nitrogens is 1. The zero-order chi connectivity index (χ0) is 45.7. The molecule has 10 heteroatoms. The van der Waals surface area contributed by atoms with Gasteiger partial charge < -0.3 is 18.9 Å². The Morgan fingerprint density at radius 1 is 0.484 bits per heavy atom. The van der Waals surface area contributed by atoms with Crippen LogP contribution in [0.3, 0.4) is 0 Å². The highest BCUT2D eigenvalue weighted by molar-refractivity contribution is 7.47. The number of nitrogens with zero attached hydrogens (tertiary/aromatic N) is 1. The van der Waals surface area contributed by atoms with E-state index >= 15 is 0 Å². The van der Waals surface area contributed by atoms with E-state index in [-0.39, 0.29) is 25.6 Å². The number of carbonyl (C=O) groups excluding carboxylic acids is 2. The summed E-state index contributed by atoms with van der Waals surface area (Å²) in [5.41, 5.74) is 0. The van der Waals surface area contributed by atoms with Gasteiger partial charge in [0.2, 0.25) is 0 Å². The van der Waals surface area contributed by atoms with Crippen LogP contribution >= 0.6 is 7.82 Å². The maximum atomic E-state index is 12.7. The Balaban J connectivity index is 4.06. The first-order valence-corrected chi connectivity index (χ1v) is 27.9. The molecule has 0 rings (SSSR count). The minimum atomic E-state index is -4.37. The number of rotatable bonds is 49. The largest absolute Gasteiger partial charge is 0.472 e. The Morgan fingerprint density at radius 2 is 0.823 bits per heavy atom. The van der Waals surface area contributed by atoms with Gasteiger partial charge in [0.05, 0.1) is 27.7 Å². The Labute approximate surface area is 384 Å². The summed E-state index contributed by atoms with van der Waals surface area (Å²) < 4.78 is 34.4. The summed E-state index contributed by atoms with van der Waals surface area (Å²) in [5.74, 6) is -0.795. The molecule has 0 aliphatic rings. The van der Waals surface area contributed by atoms with E-state index in [4.69, 9.17) is 18.5 Å². The van der Waals surface area contributed by atoms with Crippen molar-refractivity contribution in [3.8, 4) is 0 Å². The van der Waals surface area contributed by atoms with Crippen molar-refractivity contribution in [2.45, 2.75) is 264 Å². The van der Waals surface area contributed by atoms with E-state index in [1.807, 2.05) is 21.1 Å². The summed E-state index contributed by atoms with van der Waals surface area (Å²) >= 11 is 0. The number of likely N-dealkylation sites (N-methyl/N-ethyl adjacent to an activating group) is 1. The molecule has 9 nitrogen and oxygen atoms in total. The molecule has 0 fully saturated rings. The summed E-state index contributed by atoms with van der Waals surface area (Å²) in [6.45, 7) is 4.43. The van der Waals surface area contributed by atoms with Crippen molar-refractivity contribution in [1.29, 1.82) is 0 Å². The average molecular weight is 901 g/mol. The third-order valence-corrected chi connectivity index (χ3v) is 12.8. The molecule has 368 valence electrons. The van der Waals surface area contributed by atoms with Crippen LogP contribution in [0.25, 0.3) is 0 Å². The minimum absolute atomic E-state index is 0.0333. The quantitative estimate of drug-likeness (QED) is 0.0211. The number of allylic oxidation sites excluding steroid dienone is 2. The van der Waals surface area contributed by atoms with E-state index in [0.29, 0.717) is 23.9 Å². The summed E-state index contributed by atoms with van der Waals surface area (Å²) in [7, 11) is 1.48. The second kappa shape index (κ2) is 44.9. The van der Waals surface area contributed by atoms with E-state index in [1.54, 1.807) is 0 Å². The fourth-order valence-corrected chi connectivity index (χ4v) is 8.40. The van der Waals surface area contributed by atoms with Crippen LogP contribution in [-0.4, -0.2) is 74.9 Å². The van der Waals surface area contributed by atoms with Crippen molar-refractivity contribution < 1.29 is 42.1 Å². The molecule has 1 N–H and O–H groups in total. The standard InChI is InChI=1S/C52H102NO8P/c1-6-8-10-12-14-16-18-20-21-22-23-24-25-26-27-28-29-30-31-32-33-35-36-38-40-42-44-51(54)58-48-50(49-60-62(56,57)59-47-46-53(3,4)5)61-52(55)45-43-41-39-37-34-19-17-15-13-11-9-7-2/h15,17,50H,6-14,16,18-49H2,1-5H3/p+1/b17-15-. The molecule has 0 amide bonds. The smallest absolute Gasteiger partial charge is 0.462 e. The zero-order valence-electron chi connectivity index (χ0n) is 41.6. The van der Waals surface area contributed by atoms with Gasteiger partial charge in [-0.3, -0.25) is 18.6 Å². The van der Waals surface area contributed by atoms with Crippen molar-refractivity contribution in [3.63, 3.8) is 0 Å². The van der Waals surface area contributed by atoms with Crippen LogP contribution in [0.1, 0.15) is 258 Å². The van der Waals surface area contributed by atoms with E-state index in [1.165, 1.54) is 173 Å². The average Bonchev–Trinajstić information content (AvgIpc) is 3.23. The van der Waals surface area contributed by atoms with Crippen LogP contribution in [0.2, 0.25) is 0 Å². The number of phosphoric acid groups is 1. The molecule has 0 aromatic heterocycles. The van der Waals surface area contributed by atoms with Crippen LogP contribution < -0.4 is 0 Å². The molecule has 62 heavy (non-hydrogen) atoms. The van der Waals surface area contributed by atoms with Gasteiger partial charge >= 0.3 is 19.8 Å². The fraction of sp³-hybridized carbons (Fsp3) is 0.923. The van der Waals surface area contributed by atoms with Crippen LogP contribution in [0, 0.1) is 0 Å². The van der Waals surface area contributed by atoms with Gasteiger partial charge in [-0.1, -0.05) is 219 Å². The summed E-state index contributed by atoms with van der Waals surface area (Å²) in [6, 6.07) is 0. The number of ether oxygens (including phenoxy) is 2. The van der Waals surface area contributed by atoms with Gasteiger partial charge in [0.1, 0.15) is 19.8 Å². The molecule has 0 radical (unpaired) electrons. The lowest BCUT2D eigenvalue weighted by molar-refractivity contribution is -0.870. The van der Waals surface area contributed by atoms with Crippen LogP contribution in [-0.2, 0) is 32.7 Å². The number of carbonyl (C=O) groups is 2. The number of hydrogen-bond acceptors (Lipinski definition) is 7. The molecule has 0 saturated heterocycles. The van der Waals surface area contributed by atoms with Gasteiger partial charge in [0, 0.05) is 12.8 Å². The van der Waals surface area contributed by atoms with Gasteiger partial charge in [0.15, 0.2) is 6.10 Å². The highest BCUT2D eigenvalue weighted by atomic mass is 31.2. The lowest BCUT2D eigenvalue weighted by atomic mass is 10.0. The van der Waals surface area contributed by atoms with E-state index in [2.05, 4.69) is 26.0 Å². The number of hydrogen-bond donors (Lipinski definition) is 1. The molecule has 0 saturated carbocycles. The van der Waals surface area contributed by atoms with Gasteiger partial charge in [-0.2, -0.15) is 0 Å². The fourth-order valence-electron chi connectivity index (χ4n) is 7.66. The molecule has 0 heterocycles. The van der Waals surface area contributed by atoms with Gasteiger partial charge in [-0.05, 0) is 38.5 Å². The second-order valence-corrected chi connectivity index (χ2v) is 20.7. The van der Waals surface area contributed by atoms with Crippen molar-refractivity contribution in [3.05, 3.63) is 12.2 Å². The van der Waals surface area contributed by atoms with Gasteiger partial charge in [0.25, 0.3) is 0 Å². The third kappa shape index (κ3) is 48.2. The first-order chi connectivity index (χ1) is 30.0. The second-order valence-electron chi connectivity index (χ2n) is 19.3. The first-order valence-electron chi connectivity index (χ1n) is 26.4. The van der Waals surface area contributed by atoms with E-state index < -0.39 is 26.5 Å². The first kappa shape index (κ1) is 60.8. The summed E-state index contributed by atoms with van der Waals surface area (Å²) in [5, 5.41) is 0. The maximum Gasteiger partial charge on any atom is 0.472 e. The highest BCUT2D eigenvalue weighted by Gasteiger charge is 2.27. The molecule has 0 bridgehead atoms. The number of phosphoric ester groups is 1. The molecule has 0 aliphatic heterocycles. The van der Waals surface area contributed by atoms with Gasteiger partial charge in [-0.25, -0.2) is 4.57 Å². The Bertz CT molecular complexity index is 1060. The third-order valence-electron chi connectivity index (χ3n) is 11.8. The molecule has 2 atom stereocenters. The van der Waals surface area contributed by atoms with Crippen molar-refractivity contribution in [2.24, 2.45) is 0 Å². The Kier molecular flexibility index (Phi) is 44.0. The normalized spacial score (nSPS) is 13.5. The predicted molar refractivity (Wildman–Crippen MR) is 261 cm³/mol. The lowest BCUT2D eigenvalue weighted by Crippen LogP contribution is -2.37. The molecule has 0 spiro atoms. The predicted octanol–water partition coefficient (Wildman–Crippen LogP) is 15.7. The van der Waals surface area contributed by atoms with Crippen LogP contribution in [0.5, 0.6) is 0 Å². The highest BCUT2D eigenvalue weighted by Crippen LogP contribution is 2.43. The minimum Gasteiger partial charge on any atom is -0.462 e. The molecule has 0 aliphatic carbocycles. The van der Waals surface area contributed by atoms with E-state index in [9.17, 15) is 19.0 Å². The topological polar surface area (TPSA) is 108 Å². The molecule has 0 aromatic carbocycles. The van der Waals surface area contributed by atoms with Crippen molar-refractivity contribution >= 4 is 19.8 Å².